The van der Waals surface area contributed by atoms with Crippen molar-refractivity contribution in [3.8, 4) is 5.75 Å². The molecule has 0 aliphatic carbocycles. The first-order valence-electron chi connectivity index (χ1n) is 8.27. The first kappa shape index (κ1) is 16.2. The van der Waals surface area contributed by atoms with Gasteiger partial charge in [0.25, 0.3) is 0 Å². The Balaban J connectivity index is 1.75. The van der Waals surface area contributed by atoms with E-state index in [1.54, 1.807) is 0 Å². The third kappa shape index (κ3) is 3.30. The summed E-state index contributed by atoms with van der Waals surface area (Å²) in [4.78, 5) is 14.7. The van der Waals surface area contributed by atoms with Gasteiger partial charge in [0.05, 0.1) is 12.2 Å². The minimum Gasteiger partial charge on any atom is -0.490 e. The highest BCUT2D eigenvalue weighted by atomic mass is 16.5. The fourth-order valence-corrected chi connectivity index (χ4v) is 2.87. The molecule has 0 saturated carbocycles. The molecule has 0 radical (unpaired) electrons. The number of nitrogens with two attached hydrogens (primary N) is 1. The lowest BCUT2D eigenvalue weighted by Gasteiger charge is -2.35. The molecule has 126 valence electrons. The number of fused-ring (bicyclic) bond motifs is 1. The second-order valence-corrected chi connectivity index (χ2v) is 5.98. The van der Waals surface area contributed by atoms with Crippen LogP contribution in [0.2, 0.25) is 0 Å². The van der Waals surface area contributed by atoms with Gasteiger partial charge in [-0.3, -0.25) is 4.79 Å². The predicted molar refractivity (Wildman–Crippen MR) is 97.6 cm³/mol. The van der Waals surface area contributed by atoms with Crippen molar-refractivity contribution in [2.75, 3.05) is 29.1 Å². The van der Waals surface area contributed by atoms with Crippen molar-refractivity contribution < 1.29 is 9.53 Å². The lowest BCUT2D eigenvalue weighted by Crippen LogP contribution is -2.46. The van der Waals surface area contributed by atoms with Gasteiger partial charge >= 0.3 is 0 Å². The number of carbonyl (C=O) groups excluding carboxylic acids is 1. The molecular formula is C19H23N3O2. The number of nitrogens with zero attached hydrogens (tertiary/aromatic N) is 1. The Morgan fingerprint density at radius 3 is 2.75 bits per heavy atom. The summed E-state index contributed by atoms with van der Waals surface area (Å²) in [5, 5.41) is 2.98. The Labute approximate surface area is 142 Å². The van der Waals surface area contributed by atoms with E-state index in [2.05, 4.69) is 12.2 Å². The van der Waals surface area contributed by atoms with Crippen LogP contribution in [0.25, 0.3) is 0 Å². The molecule has 24 heavy (non-hydrogen) atoms. The summed E-state index contributed by atoms with van der Waals surface area (Å²) in [6.45, 7) is 5.21. The van der Waals surface area contributed by atoms with Gasteiger partial charge in [-0.2, -0.15) is 0 Å². The van der Waals surface area contributed by atoms with E-state index in [0.29, 0.717) is 18.8 Å². The topological polar surface area (TPSA) is 67.6 Å². The summed E-state index contributed by atoms with van der Waals surface area (Å²) in [6, 6.07) is 13.1. The van der Waals surface area contributed by atoms with Gasteiger partial charge in [0.2, 0.25) is 5.91 Å². The third-order valence-electron chi connectivity index (χ3n) is 4.36. The number of amides is 1. The van der Waals surface area contributed by atoms with Crippen molar-refractivity contribution in [1.29, 1.82) is 0 Å². The lowest BCUT2D eigenvalue weighted by atomic mass is 10.1. The van der Waals surface area contributed by atoms with E-state index in [0.717, 1.165) is 23.5 Å². The zero-order valence-corrected chi connectivity index (χ0v) is 14.1. The number of carbonyl (C=O) groups is 1. The molecule has 1 atom stereocenters. The molecule has 2 aromatic rings. The van der Waals surface area contributed by atoms with Gasteiger partial charge in [0, 0.05) is 11.4 Å². The Bertz CT molecular complexity index is 728. The predicted octanol–water partition coefficient (Wildman–Crippen LogP) is 3.06. The van der Waals surface area contributed by atoms with Gasteiger partial charge in [-0.25, -0.2) is 0 Å². The second kappa shape index (κ2) is 6.83. The first-order valence-corrected chi connectivity index (χ1v) is 8.27. The number of nitrogen functional groups attached to an aromatic ring is 1. The molecule has 1 amide bonds. The second-order valence-electron chi connectivity index (χ2n) is 5.98. The zero-order chi connectivity index (χ0) is 17.1. The van der Waals surface area contributed by atoms with Crippen LogP contribution in [0.4, 0.5) is 17.1 Å². The van der Waals surface area contributed by atoms with Crippen LogP contribution < -0.4 is 20.7 Å². The van der Waals surface area contributed by atoms with Crippen molar-refractivity contribution in [2.24, 2.45) is 0 Å². The van der Waals surface area contributed by atoms with Crippen LogP contribution >= 0.6 is 0 Å². The number of benzene rings is 2. The maximum atomic E-state index is 12.6. The van der Waals surface area contributed by atoms with Gasteiger partial charge in [-0.05, 0) is 49.2 Å². The minimum absolute atomic E-state index is 0.0467. The molecule has 3 rings (SSSR count). The molecule has 0 spiro atoms. The van der Waals surface area contributed by atoms with Crippen LogP contribution in [-0.2, 0) is 11.2 Å². The molecule has 1 aliphatic rings. The number of ether oxygens (including phenoxy) is 1. The van der Waals surface area contributed by atoms with Crippen molar-refractivity contribution in [2.45, 2.75) is 26.3 Å². The van der Waals surface area contributed by atoms with E-state index in [4.69, 9.17) is 10.5 Å². The van der Waals surface area contributed by atoms with Crippen LogP contribution in [0.5, 0.6) is 5.75 Å². The van der Waals surface area contributed by atoms with Gasteiger partial charge in [-0.1, -0.05) is 19.1 Å². The normalized spacial score (nSPS) is 14.5. The van der Waals surface area contributed by atoms with E-state index < -0.39 is 0 Å². The average molecular weight is 325 g/mol. The molecule has 1 heterocycles. The van der Waals surface area contributed by atoms with E-state index in [9.17, 15) is 4.79 Å². The molecule has 0 aromatic heterocycles. The summed E-state index contributed by atoms with van der Waals surface area (Å²) in [5.74, 6) is 0.719. The lowest BCUT2D eigenvalue weighted by molar-refractivity contribution is -0.117. The van der Waals surface area contributed by atoms with Crippen LogP contribution in [0.1, 0.15) is 19.4 Å². The van der Waals surface area contributed by atoms with E-state index in [1.165, 1.54) is 5.56 Å². The Morgan fingerprint density at radius 2 is 2.04 bits per heavy atom. The SMILES string of the molecule is CCc1ccc(NC(=O)C(C)N2CCOc3ccc(N)cc32)cc1. The summed E-state index contributed by atoms with van der Waals surface area (Å²) in [5.41, 5.74) is 9.47. The maximum Gasteiger partial charge on any atom is 0.246 e. The monoisotopic (exact) mass is 325 g/mol. The van der Waals surface area contributed by atoms with Crippen LogP contribution in [0.3, 0.4) is 0 Å². The quantitative estimate of drug-likeness (QED) is 0.848. The highest BCUT2D eigenvalue weighted by molar-refractivity contribution is 5.97. The number of nitrogens with one attached hydrogen (secondary N) is 1. The molecule has 0 fully saturated rings. The molecule has 5 heteroatoms. The van der Waals surface area contributed by atoms with Gasteiger partial charge in [0.15, 0.2) is 0 Å². The summed E-state index contributed by atoms with van der Waals surface area (Å²) < 4.78 is 5.65. The number of aryl methyl sites for hydroxylation is 1. The maximum absolute atomic E-state index is 12.6. The number of hydrogen-bond acceptors (Lipinski definition) is 4. The molecular weight excluding hydrogens is 302 g/mol. The van der Waals surface area contributed by atoms with Crippen LogP contribution in [0.15, 0.2) is 42.5 Å². The van der Waals surface area contributed by atoms with Gasteiger partial charge in [0.1, 0.15) is 18.4 Å². The summed E-state index contributed by atoms with van der Waals surface area (Å²) >= 11 is 0. The average Bonchev–Trinajstić information content (AvgIpc) is 2.61. The highest BCUT2D eigenvalue weighted by Crippen LogP contribution is 2.34. The Kier molecular flexibility index (Phi) is 4.60. The molecule has 1 unspecified atom stereocenters. The van der Waals surface area contributed by atoms with Crippen LogP contribution in [-0.4, -0.2) is 25.1 Å². The highest BCUT2D eigenvalue weighted by Gasteiger charge is 2.27. The number of rotatable bonds is 4. The molecule has 3 N–H and O–H groups in total. The molecule has 5 nitrogen and oxygen atoms in total. The van der Waals surface area contributed by atoms with E-state index in [1.807, 2.05) is 54.3 Å². The van der Waals surface area contributed by atoms with E-state index in [-0.39, 0.29) is 11.9 Å². The fraction of sp³-hybridized carbons (Fsp3) is 0.316. The Hall–Kier alpha value is -2.69. The zero-order valence-electron chi connectivity index (χ0n) is 14.1. The first-order chi connectivity index (χ1) is 11.6. The van der Waals surface area contributed by atoms with Crippen molar-refractivity contribution in [1.82, 2.24) is 0 Å². The standard InChI is InChI=1S/C19H23N3O2/c1-3-14-4-7-16(8-5-14)21-19(23)13(2)22-10-11-24-18-9-6-15(20)12-17(18)22/h4-9,12-13H,3,10-11,20H2,1-2H3,(H,21,23). The number of anilines is 3. The molecule has 2 aromatic carbocycles. The molecule has 1 aliphatic heterocycles. The van der Waals surface area contributed by atoms with Gasteiger partial charge < -0.3 is 20.7 Å². The Morgan fingerprint density at radius 1 is 1.29 bits per heavy atom. The van der Waals surface area contributed by atoms with Crippen molar-refractivity contribution in [3.05, 3.63) is 48.0 Å². The fourth-order valence-electron chi connectivity index (χ4n) is 2.87. The van der Waals surface area contributed by atoms with Gasteiger partial charge in [-0.15, -0.1) is 0 Å². The molecule has 0 saturated heterocycles. The summed E-state index contributed by atoms with van der Waals surface area (Å²) in [7, 11) is 0. The smallest absolute Gasteiger partial charge is 0.246 e. The third-order valence-corrected chi connectivity index (χ3v) is 4.36. The summed E-state index contributed by atoms with van der Waals surface area (Å²) in [6.07, 6.45) is 0.983. The largest absolute Gasteiger partial charge is 0.490 e. The minimum atomic E-state index is -0.319. The number of hydrogen-bond donors (Lipinski definition) is 2. The van der Waals surface area contributed by atoms with E-state index >= 15 is 0 Å². The van der Waals surface area contributed by atoms with Crippen molar-refractivity contribution >= 4 is 23.0 Å². The van der Waals surface area contributed by atoms with Crippen LogP contribution in [0, 0.1) is 0 Å². The molecule has 0 bridgehead atoms. The van der Waals surface area contributed by atoms with Crippen molar-refractivity contribution in [3.63, 3.8) is 0 Å².